The Hall–Kier alpha value is -2.72. The van der Waals surface area contributed by atoms with Crippen molar-refractivity contribution in [3.8, 4) is 0 Å². The lowest BCUT2D eigenvalue weighted by atomic mass is 9.93. The van der Waals surface area contributed by atoms with Crippen LogP contribution in [0, 0.1) is 0 Å². The highest BCUT2D eigenvalue weighted by Crippen LogP contribution is 2.33. The first-order chi connectivity index (χ1) is 17.7. The number of nitrogens with zero attached hydrogens (tertiary/aromatic N) is 2. The number of hydrogen-bond donors (Lipinski definition) is 0. The largest absolute Gasteiger partial charge is 0.467 e. The molecule has 3 aromatic carbocycles. The molecule has 0 aliphatic carbocycles. The van der Waals surface area contributed by atoms with Gasteiger partial charge in [0.05, 0.1) is 22.6 Å². The molecule has 192 valence electrons. The number of carbonyl (C=O) groups is 2. The van der Waals surface area contributed by atoms with Crippen molar-refractivity contribution in [2.24, 2.45) is 0 Å². The average Bonchev–Trinajstić information content (AvgIpc) is 2.91. The fraction of sp³-hybridized carbons (Fsp3) is 0.259. The fourth-order valence-corrected chi connectivity index (χ4v) is 7.16. The average molecular weight is 604 g/mol. The van der Waals surface area contributed by atoms with E-state index in [1.807, 2.05) is 42.5 Å². The number of sulfonamides is 1. The van der Waals surface area contributed by atoms with Crippen LogP contribution in [-0.4, -0.2) is 49.2 Å². The molecule has 1 amide bonds. The molecule has 7 nitrogen and oxygen atoms in total. The molecule has 0 radical (unpaired) electrons. The predicted octanol–water partition coefficient (Wildman–Crippen LogP) is 4.59. The molecule has 2 aliphatic heterocycles. The van der Waals surface area contributed by atoms with Gasteiger partial charge in [0.15, 0.2) is 0 Å². The van der Waals surface area contributed by atoms with Crippen molar-refractivity contribution in [2.45, 2.75) is 36.9 Å². The maximum atomic E-state index is 13.8. The van der Waals surface area contributed by atoms with E-state index in [-0.39, 0.29) is 35.0 Å². The van der Waals surface area contributed by atoms with Gasteiger partial charge in [-0.2, -0.15) is 4.31 Å². The molecule has 0 saturated heterocycles. The Kier molecular flexibility index (Phi) is 7.15. The molecule has 0 aromatic heterocycles. The van der Waals surface area contributed by atoms with Crippen LogP contribution in [0.15, 0.2) is 70.0 Å². The van der Waals surface area contributed by atoms with Crippen LogP contribution in [-0.2, 0) is 45.5 Å². The van der Waals surface area contributed by atoms with Gasteiger partial charge in [0.25, 0.3) is 5.91 Å². The maximum Gasteiger partial charge on any atom is 0.328 e. The topological polar surface area (TPSA) is 84.0 Å². The van der Waals surface area contributed by atoms with Crippen LogP contribution in [0.25, 0.3) is 0 Å². The summed E-state index contributed by atoms with van der Waals surface area (Å²) in [6.07, 6.45) is 0.871. The Labute approximate surface area is 229 Å². The van der Waals surface area contributed by atoms with E-state index >= 15 is 0 Å². The number of halogens is 2. The summed E-state index contributed by atoms with van der Waals surface area (Å²) in [4.78, 5) is 27.8. The van der Waals surface area contributed by atoms with Crippen LogP contribution in [0.1, 0.15) is 32.6 Å². The maximum absolute atomic E-state index is 13.8. The van der Waals surface area contributed by atoms with Crippen molar-refractivity contribution in [1.82, 2.24) is 9.21 Å². The summed E-state index contributed by atoms with van der Waals surface area (Å²) < 4.78 is 34.4. The minimum absolute atomic E-state index is 0.0191. The van der Waals surface area contributed by atoms with Crippen molar-refractivity contribution >= 4 is 49.4 Å². The van der Waals surface area contributed by atoms with Gasteiger partial charge in [-0.25, -0.2) is 13.2 Å². The monoisotopic (exact) mass is 602 g/mol. The van der Waals surface area contributed by atoms with Crippen LogP contribution >= 0.6 is 27.5 Å². The van der Waals surface area contributed by atoms with Crippen LogP contribution in [0.3, 0.4) is 0 Å². The van der Waals surface area contributed by atoms with Gasteiger partial charge in [-0.3, -0.25) is 4.79 Å². The number of amides is 1. The second-order valence-corrected chi connectivity index (χ2v) is 12.3. The highest BCUT2D eigenvalue weighted by atomic mass is 79.9. The molecule has 0 fully saturated rings. The minimum Gasteiger partial charge on any atom is -0.467 e. The van der Waals surface area contributed by atoms with E-state index in [0.29, 0.717) is 13.0 Å². The second-order valence-electron chi connectivity index (χ2n) is 9.05. The zero-order valence-corrected chi connectivity index (χ0v) is 23.1. The first kappa shape index (κ1) is 25.9. The van der Waals surface area contributed by atoms with E-state index in [2.05, 4.69) is 15.9 Å². The van der Waals surface area contributed by atoms with Crippen LogP contribution < -0.4 is 0 Å². The highest BCUT2D eigenvalue weighted by Gasteiger charge is 2.38. The van der Waals surface area contributed by atoms with E-state index in [0.717, 1.165) is 26.7 Å². The van der Waals surface area contributed by atoms with Crippen molar-refractivity contribution in [3.63, 3.8) is 0 Å². The summed E-state index contributed by atoms with van der Waals surface area (Å²) in [5, 5.41) is 0.108. The summed E-state index contributed by atoms with van der Waals surface area (Å²) in [7, 11) is -2.62. The second kappa shape index (κ2) is 10.2. The lowest BCUT2D eigenvalue weighted by Gasteiger charge is -2.36. The summed E-state index contributed by atoms with van der Waals surface area (Å²) >= 11 is 9.95. The molecule has 1 atom stereocenters. The molecular weight excluding hydrogens is 580 g/mol. The standard InChI is InChI=1S/C27H24BrClN2O5S/c1-36-27(33)25-14-21-19(7-4-8-23(21)28)16-31(25)26(32)22-13-20(9-10-24(22)29)37(34,35)30-12-11-17-5-2-3-6-18(17)15-30/h2-10,13,25H,11-12,14-16H2,1H3. The summed E-state index contributed by atoms with van der Waals surface area (Å²) in [5.41, 5.74) is 3.92. The summed E-state index contributed by atoms with van der Waals surface area (Å²) in [6, 6.07) is 16.7. The Morgan fingerprint density at radius 2 is 1.73 bits per heavy atom. The molecule has 2 heterocycles. The molecule has 0 bridgehead atoms. The normalized spacial score (nSPS) is 17.6. The third-order valence-corrected chi connectivity index (χ3v) is 9.88. The van der Waals surface area contributed by atoms with E-state index in [1.54, 1.807) is 0 Å². The van der Waals surface area contributed by atoms with Crippen LogP contribution in [0.4, 0.5) is 0 Å². The first-order valence-electron chi connectivity index (χ1n) is 11.7. The van der Waals surface area contributed by atoms with E-state index in [4.69, 9.17) is 16.3 Å². The van der Waals surface area contributed by atoms with Crippen molar-refractivity contribution in [3.05, 3.63) is 98.0 Å². The van der Waals surface area contributed by atoms with E-state index in [9.17, 15) is 18.0 Å². The molecule has 5 rings (SSSR count). The third kappa shape index (κ3) is 4.81. The van der Waals surface area contributed by atoms with Gasteiger partial charge in [0, 0.05) is 30.5 Å². The Morgan fingerprint density at radius 3 is 2.49 bits per heavy atom. The lowest BCUT2D eigenvalue weighted by molar-refractivity contribution is -0.146. The number of hydrogen-bond acceptors (Lipinski definition) is 5. The van der Waals surface area contributed by atoms with Gasteiger partial charge >= 0.3 is 5.97 Å². The van der Waals surface area contributed by atoms with Crippen molar-refractivity contribution < 1.29 is 22.7 Å². The van der Waals surface area contributed by atoms with Gasteiger partial charge in [0.2, 0.25) is 10.0 Å². The smallest absolute Gasteiger partial charge is 0.328 e. The minimum atomic E-state index is -3.89. The zero-order valence-electron chi connectivity index (χ0n) is 20.0. The number of benzene rings is 3. The van der Waals surface area contributed by atoms with E-state index < -0.39 is 27.9 Å². The predicted molar refractivity (Wildman–Crippen MR) is 143 cm³/mol. The van der Waals surface area contributed by atoms with Gasteiger partial charge in [-0.15, -0.1) is 0 Å². The molecule has 0 saturated carbocycles. The van der Waals surface area contributed by atoms with E-state index in [1.165, 1.54) is 34.5 Å². The fourth-order valence-electron chi connectivity index (χ4n) is 4.94. The van der Waals surface area contributed by atoms with Crippen LogP contribution in [0.2, 0.25) is 5.02 Å². The highest BCUT2D eigenvalue weighted by molar-refractivity contribution is 9.10. The zero-order chi connectivity index (χ0) is 26.3. The molecule has 3 aromatic rings. The summed E-state index contributed by atoms with van der Waals surface area (Å²) in [5.74, 6) is -1.09. The molecule has 0 N–H and O–H groups in total. The Balaban J connectivity index is 1.49. The molecule has 2 aliphatic rings. The molecule has 0 spiro atoms. The molecule has 10 heteroatoms. The van der Waals surface area contributed by atoms with Crippen LogP contribution in [0.5, 0.6) is 0 Å². The van der Waals surface area contributed by atoms with Gasteiger partial charge in [-0.05, 0) is 52.9 Å². The SMILES string of the molecule is COC(=O)C1Cc2c(Br)cccc2CN1C(=O)c1cc(S(=O)(=O)N2CCc3ccccc3C2)ccc1Cl. The summed E-state index contributed by atoms with van der Waals surface area (Å²) in [6.45, 7) is 0.754. The number of ether oxygens (including phenoxy) is 1. The van der Waals surface area contributed by atoms with Gasteiger partial charge < -0.3 is 9.64 Å². The molecule has 1 unspecified atom stereocenters. The number of carbonyl (C=O) groups excluding carboxylic acids is 2. The third-order valence-electron chi connectivity index (χ3n) is 6.97. The van der Waals surface area contributed by atoms with Gasteiger partial charge in [0.1, 0.15) is 6.04 Å². The quantitative estimate of drug-likeness (QED) is 0.408. The number of esters is 1. The van der Waals surface area contributed by atoms with Crippen molar-refractivity contribution in [2.75, 3.05) is 13.7 Å². The number of fused-ring (bicyclic) bond motifs is 2. The molecule has 37 heavy (non-hydrogen) atoms. The Morgan fingerprint density at radius 1 is 1.00 bits per heavy atom. The number of methoxy groups -OCH3 is 1. The lowest BCUT2D eigenvalue weighted by Crippen LogP contribution is -2.49. The van der Waals surface area contributed by atoms with Crippen molar-refractivity contribution in [1.29, 1.82) is 0 Å². The first-order valence-corrected chi connectivity index (χ1v) is 14.3. The molecular formula is C27H24BrClN2O5S. The number of rotatable bonds is 4. The Bertz CT molecular complexity index is 1510. The van der Waals surface area contributed by atoms with Gasteiger partial charge in [-0.1, -0.05) is 63.9 Å².